The van der Waals surface area contributed by atoms with Gasteiger partial charge in [-0.15, -0.1) is 5.10 Å². The summed E-state index contributed by atoms with van der Waals surface area (Å²) in [6.07, 6.45) is 1.58. The van der Waals surface area contributed by atoms with Crippen LogP contribution >= 0.6 is 0 Å². The number of hydrogen-bond acceptors (Lipinski definition) is 7. The zero-order chi connectivity index (χ0) is 16.4. The number of aryl methyl sites for hydroxylation is 4. The van der Waals surface area contributed by atoms with E-state index in [9.17, 15) is 0 Å². The quantitative estimate of drug-likeness (QED) is 0.761. The van der Waals surface area contributed by atoms with Gasteiger partial charge in [-0.1, -0.05) is 22.9 Å². The molecule has 0 amide bonds. The van der Waals surface area contributed by atoms with Crippen LogP contribution in [0.15, 0.2) is 28.9 Å². The Morgan fingerprint density at radius 3 is 2.30 bits per heavy atom. The lowest BCUT2D eigenvalue weighted by Crippen LogP contribution is -2.04. The lowest BCUT2D eigenvalue weighted by molar-refractivity contribution is 0.400. The molecule has 2 N–H and O–H groups in total. The first-order valence-electron chi connectivity index (χ1n) is 7.26. The second-order valence-corrected chi connectivity index (χ2v) is 5.51. The Morgan fingerprint density at radius 2 is 1.65 bits per heavy atom. The van der Waals surface area contributed by atoms with Crippen LogP contribution in [-0.4, -0.2) is 20.3 Å². The second-order valence-electron chi connectivity index (χ2n) is 5.51. The van der Waals surface area contributed by atoms with Gasteiger partial charge in [-0.05, 0) is 38.8 Å². The van der Waals surface area contributed by atoms with Crippen molar-refractivity contribution in [3.8, 4) is 0 Å². The van der Waals surface area contributed by atoms with E-state index in [0.29, 0.717) is 23.3 Å². The molecule has 0 bridgehead atoms. The maximum atomic E-state index is 5.00. The molecule has 3 aromatic rings. The average Bonchev–Trinajstić information content (AvgIpc) is 2.88. The van der Waals surface area contributed by atoms with Crippen LogP contribution in [0.25, 0.3) is 0 Å². The molecular formula is C16H18N6O. The molecule has 0 aliphatic heterocycles. The Bertz CT molecular complexity index is 819. The van der Waals surface area contributed by atoms with E-state index < -0.39 is 0 Å². The van der Waals surface area contributed by atoms with Crippen LogP contribution in [0.5, 0.6) is 0 Å². The van der Waals surface area contributed by atoms with Crippen molar-refractivity contribution in [2.45, 2.75) is 27.7 Å². The summed E-state index contributed by atoms with van der Waals surface area (Å²) in [6.45, 7) is 8.03. The largest absolute Gasteiger partial charge is 0.360 e. The first kappa shape index (κ1) is 15.0. The molecule has 0 spiro atoms. The third-order valence-electron chi connectivity index (χ3n) is 3.36. The van der Waals surface area contributed by atoms with Gasteiger partial charge in [-0.3, -0.25) is 0 Å². The monoisotopic (exact) mass is 310 g/mol. The Balaban J connectivity index is 1.83. The molecule has 0 saturated heterocycles. The smallest absolute Gasteiger partial charge is 0.250 e. The van der Waals surface area contributed by atoms with E-state index in [2.05, 4.69) is 63.9 Å². The molecule has 3 rings (SSSR count). The summed E-state index contributed by atoms with van der Waals surface area (Å²) >= 11 is 0. The highest BCUT2D eigenvalue weighted by molar-refractivity contribution is 5.65. The first-order chi connectivity index (χ1) is 11.0. The van der Waals surface area contributed by atoms with Gasteiger partial charge in [0, 0.05) is 11.8 Å². The van der Waals surface area contributed by atoms with Gasteiger partial charge in [0.1, 0.15) is 5.76 Å². The van der Waals surface area contributed by atoms with Gasteiger partial charge < -0.3 is 15.2 Å². The molecule has 0 saturated carbocycles. The van der Waals surface area contributed by atoms with Crippen molar-refractivity contribution >= 4 is 23.3 Å². The van der Waals surface area contributed by atoms with Crippen LogP contribution in [-0.2, 0) is 0 Å². The third kappa shape index (κ3) is 3.45. The normalized spacial score (nSPS) is 10.6. The fraction of sp³-hybridized carbons (Fsp3) is 0.250. The van der Waals surface area contributed by atoms with E-state index >= 15 is 0 Å². The fourth-order valence-electron chi connectivity index (χ4n) is 2.46. The van der Waals surface area contributed by atoms with Crippen molar-refractivity contribution < 1.29 is 4.52 Å². The third-order valence-corrected chi connectivity index (χ3v) is 3.36. The van der Waals surface area contributed by atoms with Crippen molar-refractivity contribution in [3.05, 3.63) is 46.8 Å². The highest BCUT2D eigenvalue weighted by Gasteiger charge is 2.08. The molecule has 7 nitrogen and oxygen atoms in total. The molecule has 0 radical (unpaired) electrons. The van der Waals surface area contributed by atoms with Crippen LogP contribution < -0.4 is 10.6 Å². The minimum Gasteiger partial charge on any atom is -0.360 e. The SMILES string of the molecule is Cc1cc(C)c(Nc2cnnc(Nc3cc(C)on3)n2)c(C)c1. The lowest BCUT2D eigenvalue weighted by Gasteiger charge is -2.13. The molecule has 118 valence electrons. The fourth-order valence-corrected chi connectivity index (χ4v) is 2.46. The molecule has 0 aliphatic carbocycles. The van der Waals surface area contributed by atoms with E-state index in [-0.39, 0.29) is 0 Å². The Hall–Kier alpha value is -2.96. The minimum atomic E-state index is 0.353. The maximum Gasteiger partial charge on any atom is 0.250 e. The highest BCUT2D eigenvalue weighted by Crippen LogP contribution is 2.25. The zero-order valence-corrected chi connectivity index (χ0v) is 13.5. The van der Waals surface area contributed by atoms with Gasteiger partial charge in [0.05, 0.1) is 6.20 Å². The summed E-state index contributed by atoms with van der Waals surface area (Å²) in [4.78, 5) is 4.40. The van der Waals surface area contributed by atoms with Crippen LogP contribution in [0.1, 0.15) is 22.5 Å². The summed E-state index contributed by atoms with van der Waals surface area (Å²) < 4.78 is 5.00. The Kier molecular flexibility index (Phi) is 3.92. The van der Waals surface area contributed by atoms with Gasteiger partial charge in [0.25, 0.3) is 0 Å². The zero-order valence-electron chi connectivity index (χ0n) is 13.5. The van der Waals surface area contributed by atoms with Crippen molar-refractivity contribution in [2.75, 3.05) is 10.6 Å². The number of anilines is 4. The van der Waals surface area contributed by atoms with Crippen molar-refractivity contribution in [3.63, 3.8) is 0 Å². The lowest BCUT2D eigenvalue weighted by atomic mass is 10.1. The number of aromatic nitrogens is 4. The van der Waals surface area contributed by atoms with Gasteiger partial charge >= 0.3 is 0 Å². The van der Waals surface area contributed by atoms with Crippen molar-refractivity contribution in [1.29, 1.82) is 0 Å². The Labute approximate surface area is 134 Å². The molecular weight excluding hydrogens is 292 g/mol. The van der Waals surface area contributed by atoms with E-state index in [4.69, 9.17) is 4.52 Å². The molecule has 23 heavy (non-hydrogen) atoms. The maximum absolute atomic E-state index is 5.00. The molecule has 0 fully saturated rings. The predicted octanol–water partition coefficient (Wildman–Crippen LogP) is 3.58. The van der Waals surface area contributed by atoms with Gasteiger partial charge in [0.2, 0.25) is 5.95 Å². The average molecular weight is 310 g/mol. The first-order valence-corrected chi connectivity index (χ1v) is 7.26. The number of nitrogens with zero attached hydrogens (tertiary/aromatic N) is 4. The standard InChI is InChI=1S/C16H18N6O/c1-9-5-10(2)15(11(3)6-9)18-14-8-17-21-16(20-14)19-13-7-12(4)23-22-13/h5-8H,1-4H3,(H2,18,19,20,21,22). The van der Waals surface area contributed by atoms with Gasteiger partial charge in [0.15, 0.2) is 11.6 Å². The van der Waals surface area contributed by atoms with E-state index in [1.54, 1.807) is 12.3 Å². The summed E-state index contributed by atoms with van der Waals surface area (Å²) in [7, 11) is 0. The Morgan fingerprint density at radius 1 is 0.913 bits per heavy atom. The van der Waals surface area contributed by atoms with Gasteiger partial charge in [-0.25, -0.2) is 0 Å². The molecule has 2 aromatic heterocycles. The second kappa shape index (κ2) is 6.04. The number of nitrogens with one attached hydrogen (secondary N) is 2. The summed E-state index contributed by atoms with van der Waals surface area (Å²) in [6, 6.07) is 6.01. The summed E-state index contributed by atoms with van der Waals surface area (Å²) in [5.74, 6) is 2.22. The van der Waals surface area contributed by atoms with Crippen molar-refractivity contribution in [1.82, 2.24) is 20.3 Å². The molecule has 2 heterocycles. The molecule has 0 atom stereocenters. The van der Waals surface area contributed by atoms with Crippen LogP contribution in [0.2, 0.25) is 0 Å². The molecule has 1 aromatic carbocycles. The minimum absolute atomic E-state index is 0.353. The summed E-state index contributed by atoms with van der Waals surface area (Å²) in [5.41, 5.74) is 4.57. The predicted molar refractivity (Wildman–Crippen MR) is 88.3 cm³/mol. The molecule has 0 unspecified atom stereocenters. The topological polar surface area (TPSA) is 88.8 Å². The van der Waals surface area contributed by atoms with E-state index in [1.807, 2.05) is 6.92 Å². The van der Waals surface area contributed by atoms with Crippen LogP contribution in [0.4, 0.5) is 23.3 Å². The summed E-state index contributed by atoms with van der Waals surface area (Å²) in [5, 5.41) is 18.0. The van der Waals surface area contributed by atoms with E-state index in [1.165, 1.54) is 5.56 Å². The number of hydrogen-bond donors (Lipinski definition) is 2. The van der Waals surface area contributed by atoms with Crippen molar-refractivity contribution in [2.24, 2.45) is 0 Å². The number of rotatable bonds is 4. The van der Waals surface area contributed by atoms with Crippen LogP contribution in [0, 0.1) is 27.7 Å². The molecule has 0 aliphatic rings. The molecule has 7 heteroatoms. The van der Waals surface area contributed by atoms with E-state index in [0.717, 1.165) is 16.8 Å². The van der Waals surface area contributed by atoms with Crippen LogP contribution in [0.3, 0.4) is 0 Å². The number of benzene rings is 1. The highest BCUT2D eigenvalue weighted by atomic mass is 16.5. The van der Waals surface area contributed by atoms with Gasteiger partial charge in [-0.2, -0.15) is 10.1 Å².